The molecule has 2 aromatic rings. The minimum absolute atomic E-state index is 0.224. The van der Waals surface area contributed by atoms with Gasteiger partial charge in [-0.3, -0.25) is 0 Å². The van der Waals surface area contributed by atoms with Crippen molar-refractivity contribution in [2.75, 3.05) is 0 Å². The Balaban J connectivity index is 2.29. The summed E-state index contributed by atoms with van der Waals surface area (Å²) in [5.74, 6) is -0.0476. The highest BCUT2D eigenvalue weighted by Gasteiger charge is 2.31. The molecule has 0 bridgehead atoms. The van der Waals surface area contributed by atoms with Gasteiger partial charge in [0.15, 0.2) is 5.82 Å². The molecule has 0 atom stereocenters. The Kier molecular flexibility index (Phi) is 3.21. The maximum atomic E-state index is 12.0. The third kappa shape index (κ3) is 3.31. The Hall–Kier alpha value is -1.34. The monoisotopic (exact) mass is 280 g/mol. The lowest BCUT2D eigenvalue weighted by atomic mass is 10.2. The van der Waals surface area contributed by atoms with Gasteiger partial charge in [0.05, 0.1) is 0 Å². The number of alkyl halides is 3. The van der Waals surface area contributed by atoms with E-state index in [4.69, 9.17) is 11.6 Å². The van der Waals surface area contributed by atoms with Crippen LogP contribution in [0.4, 0.5) is 13.2 Å². The fourth-order valence-corrected chi connectivity index (χ4v) is 1.77. The summed E-state index contributed by atoms with van der Waals surface area (Å²) in [6.45, 7) is 0. The number of nitrogens with zero attached hydrogens (tertiary/aromatic N) is 2. The summed E-state index contributed by atoms with van der Waals surface area (Å²) in [6.07, 6.45) is -4.72. The minimum Gasteiger partial charge on any atom is -0.406 e. The van der Waals surface area contributed by atoms with E-state index >= 15 is 0 Å². The molecule has 0 spiro atoms. The van der Waals surface area contributed by atoms with Gasteiger partial charge in [0, 0.05) is 5.56 Å². The molecule has 0 N–H and O–H groups in total. The van der Waals surface area contributed by atoms with Gasteiger partial charge in [-0.15, -0.1) is 13.2 Å². The van der Waals surface area contributed by atoms with Gasteiger partial charge in [-0.05, 0) is 35.3 Å². The molecule has 0 radical (unpaired) electrons. The smallest absolute Gasteiger partial charge is 0.406 e. The molecule has 0 aliphatic carbocycles. The van der Waals surface area contributed by atoms with E-state index in [1.54, 1.807) is 6.07 Å². The number of hydrogen-bond donors (Lipinski definition) is 0. The van der Waals surface area contributed by atoms with Crippen molar-refractivity contribution in [2.24, 2.45) is 0 Å². The maximum absolute atomic E-state index is 12.0. The van der Waals surface area contributed by atoms with Crippen LogP contribution in [-0.2, 0) is 0 Å². The number of hydrogen-bond acceptors (Lipinski definition) is 4. The van der Waals surface area contributed by atoms with Crippen LogP contribution in [0.2, 0.25) is 4.47 Å². The van der Waals surface area contributed by atoms with E-state index in [1.165, 1.54) is 18.2 Å². The molecule has 1 aromatic heterocycles. The van der Waals surface area contributed by atoms with Crippen molar-refractivity contribution in [1.29, 1.82) is 0 Å². The van der Waals surface area contributed by atoms with Crippen molar-refractivity contribution in [3.05, 3.63) is 28.7 Å². The molecular formula is C9H4ClF3N2OS. The second-order valence-electron chi connectivity index (χ2n) is 2.95. The molecule has 17 heavy (non-hydrogen) atoms. The summed E-state index contributed by atoms with van der Waals surface area (Å²) in [7, 11) is 0. The first-order valence-electron chi connectivity index (χ1n) is 4.29. The summed E-state index contributed by atoms with van der Waals surface area (Å²) < 4.78 is 43.9. The number of aromatic nitrogens is 2. The molecule has 8 heteroatoms. The fraction of sp³-hybridized carbons (Fsp3) is 0.111. The summed E-state index contributed by atoms with van der Waals surface area (Å²) in [6, 6.07) is 5.39. The summed E-state index contributed by atoms with van der Waals surface area (Å²) in [5, 5.41) is 0. The van der Waals surface area contributed by atoms with Crippen molar-refractivity contribution in [3.8, 4) is 17.1 Å². The Labute approximate surface area is 103 Å². The highest BCUT2D eigenvalue weighted by molar-refractivity contribution is 7.10. The van der Waals surface area contributed by atoms with E-state index in [0.717, 1.165) is 11.5 Å². The summed E-state index contributed by atoms with van der Waals surface area (Å²) >= 11 is 6.55. The first-order chi connectivity index (χ1) is 7.94. The van der Waals surface area contributed by atoms with Crippen LogP contribution in [0.25, 0.3) is 11.4 Å². The molecule has 90 valence electrons. The van der Waals surface area contributed by atoms with Crippen LogP contribution >= 0.6 is 23.1 Å². The minimum atomic E-state index is -4.72. The molecule has 0 saturated carbocycles. The summed E-state index contributed by atoms with van der Waals surface area (Å²) in [4.78, 5) is 3.85. The SMILES string of the molecule is FC(F)(F)Oc1cccc(-c2nsc(Cl)n2)c1. The van der Waals surface area contributed by atoms with Crippen molar-refractivity contribution in [3.63, 3.8) is 0 Å². The van der Waals surface area contributed by atoms with Gasteiger partial charge in [0.1, 0.15) is 5.75 Å². The van der Waals surface area contributed by atoms with E-state index < -0.39 is 6.36 Å². The predicted octanol–water partition coefficient (Wildman–Crippen LogP) is 3.76. The molecule has 1 heterocycles. The second-order valence-corrected chi connectivity index (χ2v) is 4.28. The van der Waals surface area contributed by atoms with Crippen LogP contribution in [-0.4, -0.2) is 15.7 Å². The van der Waals surface area contributed by atoms with Gasteiger partial charge >= 0.3 is 6.36 Å². The average Bonchev–Trinajstić information content (AvgIpc) is 2.63. The molecule has 2 rings (SSSR count). The van der Waals surface area contributed by atoms with E-state index in [1.807, 2.05) is 0 Å². The molecule has 0 amide bonds. The largest absolute Gasteiger partial charge is 0.573 e. The second kappa shape index (κ2) is 4.50. The predicted molar refractivity (Wildman–Crippen MR) is 57.0 cm³/mol. The van der Waals surface area contributed by atoms with Crippen molar-refractivity contribution >= 4 is 23.1 Å². The lowest BCUT2D eigenvalue weighted by Crippen LogP contribution is -2.17. The van der Waals surface area contributed by atoms with Gasteiger partial charge < -0.3 is 4.74 Å². The molecular weight excluding hydrogens is 277 g/mol. The Morgan fingerprint density at radius 3 is 2.65 bits per heavy atom. The van der Waals surface area contributed by atoms with Gasteiger partial charge in [0.2, 0.25) is 4.47 Å². The molecule has 3 nitrogen and oxygen atoms in total. The normalized spacial score (nSPS) is 11.5. The number of rotatable bonds is 2. The third-order valence-electron chi connectivity index (χ3n) is 1.73. The fourth-order valence-electron chi connectivity index (χ4n) is 1.15. The van der Waals surface area contributed by atoms with Crippen LogP contribution in [0.3, 0.4) is 0 Å². The van der Waals surface area contributed by atoms with Crippen LogP contribution in [0, 0.1) is 0 Å². The topological polar surface area (TPSA) is 35.0 Å². The lowest BCUT2D eigenvalue weighted by molar-refractivity contribution is -0.274. The zero-order valence-electron chi connectivity index (χ0n) is 8.03. The average molecular weight is 281 g/mol. The first-order valence-corrected chi connectivity index (χ1v) is 5.44. The molecule has 0 aliphatic heterocycles. The van der Waals surface area contributed by atoms with Crippen molar-refractivity contribution in [1.82, 2.24) is 9.36 Å². The molecule has 0 fully saturated rings. The zero-order valence-corrected chi connectivity index (χ0v) is 9.60. The van der Waals surface area contributed by atoms with Crippen LogP contribution in [0.15, 0.2) is 24.3 Å². The first kappa shape index (κ1) is 12.1. The Morgan fingerprint density at radius 2 is 2.06 bits per heavy atom. The maximum Gasteiger partial charge on any atom is 0.573 e. The zero-order chi connectivity index (χ0) is 12.5. The van der Waals surface area contributed by atoms with Gasteiger partial charge in [-0.25, -0.2) is 4.98 Å². The standard InChI is InChI=1S/C9H4ClF3N2OS/c10-8-14-7(15-17-8)5-2-1-3-6(4-5)16-9(11,12)13/h1-4H. The molecule has 0 unspecified atom stereocenters. The third-order valence-corrected chi connectivity index (χ3v) is 2.52. The van der Waals surface area contributed by atoms with Gasteiger partial charge in [0.25, 0.3) is 0 Å². The molecule has 1 aromatic carbocycles. The van der Waals surface area contributed by atoms with E-state index in [-0.39, 0.29) is 16.0 Å². The van der Waals surface area contributed by atoms with E-state index in [0.29, 0.717) is 5.56 Å². The Bertz CT molecular complexity index is 529. The highest BCUT2D eigenvalue weighted by Crippen LogP contribution is 2.27. The van der Waals surface area contributed by atoms with Crippen molar-refractivity contribution in [2.45, 2.75) is 6.36 Å². The Morgan fingerprint density at radius 1 is 1.29 bits per heavy atom. The van der Waals surface area contributed by atoms with Gasteiger partial charge in [-0.2, -0.15) is 4.37 Å². The number of halogens is 4. The van der Waals surface area contributed by atoms with E-state index in [2.05, 4.69) is 14.1 Å². The summed E-state index contributed by atoms with van der Waals surface area (Å²) in [5.41, 5.74) is 0.412. The quantitative estimate of drug-likeness (QED) is 0.840. The number of ether oxygens (including phenoxy) is 1. The lowest BCUT2D eigenvalue weighted by Gasteiger charge is -2.08. The van der Waals surface area contributed by atoms with E-state index in [9.17, 15) is 13.2 Å². The van der Waals surface area contributed by atoms with Crippen molar-refractivity contribution < 1.29 is 17.9 Å². The van der Waals surface area contributed by atoms with Crippen LogP contribution in [0.5, 0.6) is 5.75 Å². The molecule has 0 aliphatic rings. The van der Waals surface area contributed by atoms with Crippen LogP contribution < -0.4 is 4.74 Å². The van der Waals surface area contributed by atoms with Crippen LogP contribution in [0.1, 0.15) is 0 Å². The number of benzene rings is 1. The highest BCUT2D eigenvalue weighted by atomic mass is 35.5. The van der Waals surface area contributed by atoms with Gasteiger partial charge in [-0.1, -0.05) is 12.1 Å². The molecule has 0 saturated heterocycles.